The zero-order valence-electron chi connectivity index (χ0n) is 10.8. The number of rotatable bonds is 4. The monoisotopic (exact) mass is 275 g/mol. The number of thiophene rings is 1. The van der Waals surface area contributed by atoms with Crippen molar-refractivity contribution in [3.63, 3.8) is 0 Å². The van der Waals surface area contributed by atoms with Gasteiger partial charge < -0.3 is 5.32 Å². The number of nitrogens with one attached hydrogen (secondary N) is 1. The van der Waals surface area contributed by atoms with Crippen molar-refractivity contribution in [2.75, 3.05) is 5.32 Å². The minimum absolute atomic E-state index is 0.165. The van der Waals surface area contributed by atoms with E-state index < -0.39 is 0 Å². The molecule has 0 saturated heterocycles. The SMILES string of the molecule is Fc1ccccc1NC(c1cccs1)C1CCCC1. The highest BCUT2D eigenvalue weighted by Gasteiger charge is 2.27. The first-order chi connectivity index (χ1) is 9.34. The first-order valence-electron chi connectivity index (χ1n) is 6.89. The van der Waals surface area contributed by atoms with Crippen LogP contribution in [0.25, 0.3) is 0 Å². The molecule has 1 fully saturated rings. The largest absolute Gasteiger partial charge is 0.375 e. The van der Waals surface area contributed by atoms with Crippen LogP contribution >= 0.6 is 11.3 Å². The number of hydrogen-bond acceptors (Lipinski definition) is 2. The van der Waals surface area contributed by atoms with Gasteiger partial charge in [0.2, 0.25) is 0 Å². The molecule has 1 heterocycles. The lowest BCUT2D eigenvalue weighted by atomic mass is 9.96. The van der Waals surface area contributed by atoms with Crippen LogP contribution in [-0.2, 0) is 0 Å². The van der Waals surface area contributed by atoms with Crippen LogP contribution in [0.5, 0.6) is 0 Å². The van der Waals surface area contributed by atoms with E-state index in [1.54, 1.807) is 17.4 Å². The maximum Gasteiger partial charge on any atom is 0.146 e. The number of para-hydroxylation sites is 1. The van der Waals surface area contributed by atoms with Crippen LogP contribution in [0.1, 0.15) is 36.6 Å². The van der Waals surface area contributed by atoms with Gasteiger partial charge in [0.15, 0.2) is 0 Å². The highest BCUT2D eigenvalue weighted by Crippen LogP contribution is 2.39. The molecular formula is C16H18FNS. The van der Waals surface area contributed by atoms with E-state index in [0.717, 1.165) is 0 Å². The molecular weight excluding hydrogens is 257 g/mol. The van der Waals surface area contributed by atoms with Gasteiger partial charge >= 0.3 is 0 Å². The van der Waals surface area contributed by atoms with Gasteiger partial charge in [0.1, 0.15) is 5.82 Å². The van der Waals surface area contributed by atoms with E-state index in [2.05, 4.69) is 22.8 Å². The number of hydrogen-bond donors (Lipinski definition) is 1. The van der Waals surface area contributed by atoms with Crippen LogP contribution in [0.4, 0.5) is 10.1 Å². The first kappa shape index (κ1) is 12.7. The van der Waals surface area contributed by atoms with Crippen molar-refractivity contribution in [2.45, 2.75) is 31.7 Å². The summed E-state index contributed by atoms with van der Waals surface area (Å²) in [5.74, 6) is 0.459. The zero-order valence-corrected chi connectivity index (χ0v) is 11.6. The molecule has 1 N–H and O–H groups in total. The molecule has 19 heavy (non-hydrogen) atoms. The van der Waals surface area contributed by atoms with Crippen LogP contribution in [0.2, 0.25) is 0 Å². The van der Waals surface area contributed by atoms with Crippen LogP contribution in [0, 0.1) is 11.7 Å². The summed E-state index contributed by atoms with van der Waals surface area (Å²) in [6, 6.07) is 11.4. The van der Waals surface area contributed by atoms with E-state index in [9.17, 15) is 4.39 Å². The number of benzene rings is 1. The minimum atomic E-state index is -0.165. The first-order valence-corrected chi connectivity index (χ1v) is 7.77. The van der Waals surface area contributed by atoms with Gasteiger partial charge in [-0.2, -0.15) is 0 Å². The van der Waals surface area contributed by atoms with Gasteiger partial charge in [-0.15, -0.1) is 11.3 Å². The Bertz CT molecular complexity index is 517. The van der Waals surface area contributed by atoms with Crippen molar-refractivity contribution >= 4 is 17.0 Å². The fraction of sp³-hybridized carbons (Fsp3) is 0.375. The van der Waals surface area contributed by atoms with Gasteiger partial charge in [0.05, 0.1) is 11.7 Å². The number of halogens is 1. The Hall–Kier alpha value is -1.35. The molecule has 0 aliphatic heterocycles. The van der Waals surface area contributed by atoms with Gasteiger partial charge in [-0.25, -0.2) is 4.39 Å². The quantitative estimate of drug-likeness (QED) is 0.805. The van der Waals surface area contributed by atoms with Crippen molar-refractivity contribution in [3.8, 4) is 0 Å². The number of anilines is 1. The van der Waals surface area contributed by atoms with E-state index in [0.29, 0.717) is 11.6 Å². The molecule has 0 amide bonds. The Morgan fingerprint density at radius 3 is 2.58 bits per heavy atom. The van der Waals surface area contributed by atoms with E-state index in [1.807, 2.05) is 12.1 Å². The summed E-state index contributed by atoms with van der Waals surface area (Å²) in [5, 5.41) is 5.52. The summed E-state index contributed by atoms with van der Waals surface area (Å²) in [5.41, 5.74) is 0.618. The van der Waals surface area contributed by atoms with Gasteiger partial charge in [-0.05, 0) is 42.3 Å². The van der Waals surface area contributed by atoms with E-state index in [4.69, 9.17) is 0 Å². The van der Waals surface area contributed by atoms with Crippen molar-refractivity contribution in [3.05, 3.63) is 52.5 Å². The van der Waals surface area contributed by atoms with Crippen LogP contribution in [0.3, 0.4) is 0 Å². The predicted octanol–water partition coefficient (Wildman–Crippen LogP) is 5.23. The molecule has 1 unspecified atom stereocenters. The molecule has 0 bridgehead atoms. The molecule has 1 aromatic carbocycles. The molecule has 0 radical (unpaired) electrons. The molecule has 100 valence electrons. The summed E-state index contributed by atoms with van der Waals surface area (Å²) in [7, 11) is 0. The minimum Gasteiger partial charge on any atom is -0.375 e. The Kier molecular flexibility index (Phi) is 3.83. The Labute approximate surface area is 117 Å². The standard InChI is InChI=1S/C16H18FNS/c17-13-8-3-4-9-14(13)18-16(12-6-1-2-7-12)15-10-5-11-19-15/h3-5,8-12,16,18H,1-2,6-7H2. The second-order valence-electron chi connectivity index (χ2n) is 5.16. The molecule has 2 aromatic rings. The molecule has 1 saturated carbocycles. The average Bonchev–Trinajstić information content (AvgIpc) is 3.11. The second kappa shape index (κ2) is 5.74. The summed E-state index contributed by atoms with van der Waals surface area (Å²) >= 11 is 1.76. The summed E-state index contributed by atoms with van der Waals surface area (Å²) < 4.78 is 13.8. The second-order valence-corrected chi connectivity index (χ2v) is 6.14. The molecule has 1 aliphatic carbocycles. The molecule has 3 heteroatoms. The van der Waals surface area contributed by atoms with Gasteiger partial charge in [0.25, 0.3) is 0 Å². The van der Waals surface area contributed by atoms with E-state index in [-0.39, 0.29) is 11.9 Å². The fourth-order valence-electron chi connectivity index (χ4n) is 2.93. The van der Waals surface area contributed by atoms with Crippen LogP contribution in [-0.4, -0.2) is 0 Å². The third-order valence-corrected chi connectivity index (χ3v) is 4.86. The summed E-state index contributed by atoms with van der Waals surface area (Å²) in [4.78, 5) is 1.31. The van der Waals surface area contributed by atoms with Crippen LogP contribution < -0.4 is 5.32 Å². The van der Waals surface area contributed by atoms with Crippen molar-refractivity contribution < 1.29 is 4.39 Å². The third kappa shape index (κ3) is 2.81. The highest BCUT2D eigenvalue weighted by atomic mass is 32.1. The maximum atomic E-state index is 13.8. The van der Waals surface area contributed by atoms with Gasteiger partial charge in [-0.3, -0.25) is 0 Å². The van der Waals surface area contributed by atoms with Crippen molar-refractivity contribution in [1.29, 1.82) is 0 Å². The normalized spacial score (nSPS) is 17.5. The molecule has 1 aromatic heterocycles. The van der Waals surface area contributed by atoms with Crippen molar-refractivity contribution in [1.82, 2.24) is 0 Å². The Morgan fingerprint density at radius 1 is 1.11 bits per heavy atom. The fourth-order valence-corrected chi connectivity index (χ4v) is 3.80. The summed E-state index contributed by atoms with van der Waals surface area (Å²) in [6.07, 6.45) is 5.07. The summed E-state index contributed by atoms with van der Waals surface area (Å²) in [6.45, 7) is 0. The molecule has 1 aliphatic rings. The predicted molar refractivity (Wildman–Crippen MR) is 79.0 cm³/mol. The third-order valence-electron chi connectivity index (χ3n) is 3.91. The molecule has 1 atom stereocenters. The highest BCUT2D eigenvalue weighted by molar-refractivity contribution is 7.10. The van der Waals surface area contributed by atoms with E-state index >= 15 is 0 Å². The Morgan fingerprint density at radius 2 is 1.89 bits per heavy atom. The Balaban J connectivity index is 1.85. The lowest BCUT2D eigenvalue weighted by molar-refractivity contribution is 0.473. The lowest BCUT2D eigenvalue weighted by Crippen LogP contribution is -2.18. The van der Waals surface area contributed by atoms with Gasteiger partial charge in [0, 0.05) is 4.88 Å². The molecule has 1 nitrogen and oxygen atoms in total. The lowest BCUT2D eigenvalue weighted by Gasteiger charge is -2.25. The van der Waals surface area contributed by atoms with Crippen LogP contribution in [0.15, 0.2) is 41.8 Å². The average molecular weight is 275 g/mol. The van der Waals surface area contributed by atoms with E-state index in [1.165, 1.54) is 36.6 Å². The molecule has 0 spiro atoms. The van der Waals surface area contributed by atoms with Gasteiger partial charge in [-0.1, -0.05) is 31.0 Å². The topological polar surface area (TPSA) is 12.0 Å². The maximum absolute atomic E-state index is 13.8. The zero-order chi connectivity index (χ0) is 13.1. The van der Waals surface area contributed by atoms with Crippen molar-refractivity contribution in [2.24, 2.45) is 5.92 Å². The molecule has 3 rings (SSSR count). The smallest absolute Gasteiger partial charge is 0.146 e.